The molecule has 0 spiro atoms. The lowest BCUT2D eigenvalue weighted by atomic mass is 10.0. The molecule has 0 unspecified atom stereocenters. The monoisotopic (exact) mass is 265 g/mol. The molecule has 1 heterocycles. The Morgan fingerprint density at radius 2 is 2.21 bits per heavy atom. The number of amides is 1. The van der Waals surface area contributed by atoms with Gasteiger partial charge in [-0.1, -0.05) is 13.3 Å². The van der Waals surface area contributed by atoms with Gasteiger partial charge in [-0.2, -0.15) is 0 Å². The summed E-state index contributed by atoms with van der Waals surface area (Å²) >= 11 is 0. The summed E-state index contributed by atoms with van der Waals surface area (Å²) in [5, 5.41) is 11.6. The molecule has 1 fully saturated rings. The number of rotatable bonds is 7. The normalized spacial score (nSPS) is 16.1. The third kappa shape index (κ3) is 3.36. The molecule has 1 amide bonds. The lowest BCUT2D eigenvalue weighted by Crippen LogP contribution is -2.30. The molecule has 0 bridgehead atoms. The van der Waals surface area contributed by atoms with Crippen LogP contribution in [0.3, 0.4) is 0 Å². The zero-order valence-corrected chi connectivity index (χ0v) is 11.1. The van der Waals surface area contributed by atoms with Gasteiger partial charge < -0.3 is 14.8 Å². The van der Waals surface area contributed by atoms with Gasteiger partial charge in [0.2, 0.25) is 0 Å². The summed E-state index contributed by atoms with van der Waals surface area (Å²) in [5.41, 5.74) is 0.607. The summed E-state index contributed by atoms with van der Waals surface area (Å²) < 4.78 is 5.05. The second-order valence-corrected chi connectivity index (χ2v) is 5.26. The van der Waals surface area contributed by atoms with Crippen LogP contribution in [0.1, 0.15) is 48.7 Å². The zero-order valence-electron chi connectivity index (χ0n) is 11.1. The van der Waals surface area contributed by atoms with Crippen LogP contribution in [0.2, 0.25) is 0 Å². The Balaban J connectivity index is 1.93. The van der Waals surface area contributed by atoms with Crippen molar-refractivity contribution in [3.63, 3.8) is 0 Å². The average molecular weight is 265 g/mol. The lowest BCUT2D eigenvalue weighted by Gasteiger charge is -2.14. The molecular weight excluding hydrogens is 246 g/mol. The van der Waals surface area contributed by atoms with E-state index in [0.29, 0.717) is 12.1 Å². The Labute approximate surface area is 112 Å². The number of aliphatic carboxylic acids is 1. The summed E-state index contributed by atoms with van der Waals surface area (Å²) in [5.74, 6) is -1.04. The maximum Gasteiger partial charge on any atom is 0.311 e. The quantitative estimate of drug-likeness (QED) is 0.792. The van der Waals surface area contributed by atoms with Crippen molar-refractivity contribution < 1.29 is 19.1 Å². The highest BCUT2D eigenvalue weighted by molar-refractivity contribution is 5.96. The van der Waals surface area contributed by atoms with Crippen LogP contribution in [-0.2, 0) is 11.2 Å². The Bertz CT molecular complexity index is 474. The molecule has 0 aromatic carbocycles. The standard InChI is InChI=1S/C14H19NO4/c1-2-4-14(5-6-14)9-15-13(18)10-3-7-19-11(10)8-12(16)17/h3,7H,2,4-6,8-9H2,1H3,(H,15,18)(H,16,17). The van der Waals surface area contributed by atoms with Gasteiger partial charge in [0, 0.05) is 6.54 Å². The van der Waals surface area contributed by atoms with E-state index in [1.807, 2.05) is 0 Å². The average Bonchev–Trinajstić information content (AvgIpc) is 2.96. The van der Waals surface area contributed by atoms with Crippen LogP contribution in [0.5, 0.6) is 0 Å². The topological polar surface area (TPSA) is 79.5 Å². The number of carboxylic acids is 1. The van der Waals surface area contributed by atoms with Crippen molar-refractivity contribution in [1.29, 1.82) is 0 Å². The molecule has 0 saturated heterocycles. The molecule has 1 aliphatic rings. The Kier molecular flexibility index (Phi) is 3.93. The number of nitrogens with one attached hydrogen (secondary N) is 1. The summed E-state index contributed by atoms with van der Waals surface area (Å²) in [6.07, 6.45) is 5.65. The molecule has 0 aliphatic heterocycles. The molecule has 0 atom stereocenters. The maximum absolute atomic E-state index is 12.0. The third-order valence-corrected chi connectivity index (χ3v) is 3.66. The number of carboxylic acid groups (broad SMARTS) is 1. The second-order valence-electron chi connectivity index (χ2n) is 5.26. The molecule has 1 aromatic rings. The minimum Gasteiger partial charge on any atom is -0.481 e. The minimum atomic E-state index is -1.01. The molecule has 2 N–H and O–H groups in total. The number of hydrogen-bond acceptors (Lipinski definition) is 3. The first kappa shape index (κ1) is 13.6. The molecule has 19 heavy (non-hydrogen) atoms. The molecule has 2 rings (SSSR count). The first-order valence-electron chi connectivity index (χ1n) is 6.63. The largest absolute Gasteiger partial charge is 0.481 e. The zero-order chi connectivity index (χ0) is 13.9. The van der Waals surface area contributed by atoms with Crippen LogP contribution in [0.25, 0.3) is 0 Å². The molecule has 1 aromatic heterocycles. The van der Waals surface area contributed by atoms with Crippen LogP contribution in [0, 0.1) is 5.41 Å². The SMILES string of the molecule is CCCC1(CNC(=O)c2ccoc2CC(=O)O)CC1. The van der Waals surface area contributed by atoms with Crippen LogP contribution in [0.4, 0.5) is 0 Å². The third-order valence-electron chi connectivity index (χ3n) is 3.66. The Morgan fingerprint density at radius 3 is 2.79 bits per heavy atom. The molecule has 1 aliphatic carbocycles. The van der Waals surface area contributed by atoms with Crippen molar-refractivity contribution in [1.82, 2.24) is 5.32 Å². The molecule has 0 radical (unpaired) electrons. The van der Waals surface area contributed by atoms with E-state index in [9.17, 15) is 9.59 Å². The van der Waals surface area contributed by atoms with E-state index in [2.05, 4.69) is 12.2 Å². The smallest absolute Gasteiger partial charge is 0.311 e. The summed E-state index contributed by atoms with van der Waals surface area (Å²) in [6, 6.07) is 1.52. The van der Waals surface area contributed by atoms with Gasteiger partial charge in [0.25, 0.3) is 5.91 Å². The Morgan fingerprint density at radius 1 is 1.47 bits per heavy atom. The van der Waals surface area contributed by atoms with Gasteiger partial charge in [0.15, 0.2) is 0 Å². The van der Waals surface area contributed by atoms with Crippen LogP contribution >= 0.6 is 0 Å². The molecule has 104 valence electrons. The molecule has 5 heteroatoms. The highest BCUT2D eigenvalue weighted by atomic mass is 16.4. The summed E-state index contributed by atoms with van der Waals surface area (Å²) in [7, 11) is 0. The van der Waals surface area contributed by atoms with Crippen molar-refractivity contribution in [2.45, 2.75) is 39.0 Å². The first-order valence-corrected chi connectivity index (χ1v) is 6.63. The Hall–Kier alpha value is -1.78. The molecule has 1 saturated carbocycles. The van der Waals surface area contributed by atoms with Crippen molar-refractivity contribution in [2.24, 2.45) is 5.41 Å². The van der Waals surface area contributed by atoms with Gasteiger partial charge in [-0.15, -0.1) is 0 Å². The molecule has 5 nitrogen and oxygen atoms in total. The van der Waals surface area contributed by atoms with E-state index in [-0.39, 0.29) is 23.5 Å². The number of hydrogen-bond donors (Lipinski definition) is 2. The highest BCUT2D eigenvalue weighted by Crippen LogP contribution is 2.48. The first-order chi connectivity index (χ1) is 9.06. The van der Waals surface area contributed by atoms with Gasteiger partial charge in [0.05, 0.1) is 11.8 Å². The van der Waals surface area contributed by atoms with Gasteiger partial charge in [0.1, 0.15) is 12.2 Å². The van der Waals surface area contributed by atoms with E-state index >= 15 is 0 Å². The van der Waals surface area contributed by atoms with Crippen molar-refractivity contribution in [3.05, 3.63) is 23.7 Å². The van der Waals surface area contributed by atoms with Gasteiger partial charge in [-0.05, 0) is 30.7 Å². The number of carbonyl (C=O) groups excluding carboxylic acids is 1. The fourth-order valence-electron chi connectivity index (χ4n) is 2.40. The van der Waals surface area contributed by atoms with E-state index in [1.54, 1.807) is 0 Å². The van der Waals surface area contributed by atoms with Gasteiger partial charge >= 0.3 is 5.97 Å². The summed E-state index contributed by atoms with van der Waals surface area (Å²) in [6.45, 7) is 2.81. The highest BCUT2D eigenvalue weighted by Gasteiger charge is 2.41. The fourth-order valence-corrected chi connectivity index (χ4v) is 2.40. The van der Waals surface area contributed by atoms with E-state index in [0.717, 1.165) is 25.7 Å². The minimum absolute atomic E-state index is 0.213. The van der Waals surface area contributed by atoms with Crippen molar-refractivity contribution in [3.8, 4) is 0 Å². The summed E-state index contributed by atoms with van der Waals surface area (Å²) in [4.78, 5) is 22.7. The van der Waals surface area contributed by atoms with E-state index < -0.39 is 5.97 Å². The number of carbonyl (C=O) groups is 2. The van der Waals surface area contributed by atoms with E-state index in [1.165, 1.54) is 12.3 Å². The van der Waals surface area contributed by atoms with Crippen LogP contribution in [0.15, 0.2) is 16.7 Å². The maximum atomic E-state index is 12.0. The second kappa shape index (κ2) is 5.47. The van der Waals surface area contributed by atoms with Crippen molar-refractivity contribution in [2.75, 3.05) is 6.54 Å². The number of furan rings is 1. The van der Waals surface area contributed by atoms with Crippen LogP contribution in [-0.4, -0.2) is 23.5 Å². The van der Waals surface area contributed by atoms with Gasteiger partial charge in [-0.25, -0.2) is 0 Å². The molecular formula is C14H19NO4. The van der Waals surface area contributed by atoms with Crippen molar-refractivity contribution >= 4 is 11.9 Å². The fraction of sp³-hybridized carbons (Fsp3) is 0.571. The predicted molar refractivity (Wildman–Crippen MR) is 69.0 cm³/mol. The van der Waals surface area contributed by atoms with Gasteiger partial charge in [-0.3, -0.25) is 9.59 Å². The van der Waals surface area contributed by atoms with E-state index in [4.69, 9.17) is 9.52 Å². The van der Waals surface area contributed by atoms with Crippen LogP contribution < -0.4 is 5.32 Å². The predicted octanol–water partition coefficient (Wildman–Crippen LogP) is 2.22. The lowest BCUT2D eigenvalue weighted by molar-refractivity contribution is -0.136.